The van der Waals surface area contributed by atoms with Crippen molar-refractivity contribution < 1.29 is 28.1 Å². The quantitative estimate of drug-likeness (QED) is 0.703. The van der Waals surface area contributed by atoms with Gasteiger partial charge in [-0.3, -0.25) is 0 Å². The van der Waals surface area contributed by atoms with Gasteiger partial charge in [0.1, 0.15) is 0 Å². The van der Waals surface area contributed by atoms with Crippen LogP contribution in [0.1, 0.15) is 19.8 Å². The maximum atomic E-state index is 5.77. The molecule has 1 saturated heterocycles. The van der Waals surface area contributed by atoms with Crippen LogP contribution in [-0.4, -0.2) is 12.2 Å². The van der Waals surface area contributed by atoms with E-state index in [0.717, 1.165) is 0 Å². The van der Waals surface area contributed by atoms with Crippen molar-refractivity contribution in [2.24, 2.45) is 0 Å². The molecule has 0 bridgehead atoms. The van der Waals surface area contributed by atoms with Crippen molar-refractivity contribution in [1.29, 1.82) is 0 Å². The second kappa shape index (κ2) is 4.14. The van der Waals surface area contributed by atoms with Crippen LogP contribution < -0.4 is 0 Å². The predicted molar refractivity (Wildman–Crippen MR) is 34.2 cm³/mol. The van der Waals surface area contributed by atoms with Crippen molar-refractivity contribution in [2.75, 3.05) is 0 Å². The molecular formula is C6H11ClHgO. The van der Waals surface area contributed by atoms with Crippen molar-refractivity contribution >= 4 is 8.25 Å². The van der Waals surface area contributed by atoms with Crippen LogP contribution >= 0.6 is 8.25 Å². The Morgan fingerprint density at radius 3 is 2.89 bits per heavy atom. The molecule has 0 radical (unpaired) electrons. The molecule has 0 saturated carbocycles. The fraction of sp³-hybridized carbons (Fsp3) is 1.00. The molecular weight excluding hydrogens is 324 g/mol. The minimum atomic E-state index is -0.905. The van der Waals surface area contributed by atoms with E-state index in [0.29, 0.717) is 12.2 Å². The van der Waals surface area contributed by atoms with Gasteiger partial charge >= 0.3 is 72.2 Å². The maximum absolute atomic E-state index is 5.77. The Hall–Kier alpha value is 1.19. The molecule has 0 amide bonds. The molecule has 0 N–H and O–H groups in total. The molecule has 0 aromatic carbocycles. The third kappa shape index (κ3) is 2.73. The summed E-state index contributed by atoms with van der Waals surface area (Å²) in [6, 6.07) is 0. The Kier molecular flexibility index (Phi) is 3.81. The summed E-state index contributed by atoms with van der Waals surface area (Å²) >= 11 is -0.905. The van der Waals surface area contributed by atoms with Crippen LogP contribution in [0.4, 0.5) is 0 Å². The van der Waals surface area contributed by atoms with Gasteiger partial charge in [0.05, 0.1) is 0 Å². The van der Waals surface area contributed by atoms with Crippen LogP contribution in [0, 0.1) is 0 Å². The Balaban J connectivity index is 2.14. The average Bonchev–Trinajstić information content (AvgIpc) is 2.17. The Morgan fingerprint density at radius 2 is 2.44 bits per heavy atom. The van der Waals surface area contributed by atoms with Gasteiger partial charge in [-0.05, 0) is 0 Å². The first kappa shape index (κ1) is 8.28. The molecule has 1 heterocycles. The van der Waals surface area contributed by atoms with E-state index in [1.54, 1.807) is 0 Å². The zero-order chi connectivity index (χ0) is 6.69. The second-order valence-electron chi connectivity index (χ2n) is 2.62. The molecule has 0 aliphatic carbocycles. The summed E-state index contributed by atoms with van der Waals surface area (Å²) in [5.74, 6) is 0. The van der Waals surface area contributed by atoms with Crippen LogP contribution in [0.15, 0.2) is 0 Å². The zero-order valence-corrected chi connectivity index (χ0v) is 12.0. The van der Waals surface area contributed by atoms with E-state index in [-0.39, 0.29) is 0 Å². The molecule has 1 rings (SSSR count). The minimum absolute atomic E-state index is 0.506. The van der Waals surface area contributed by atoms with E-state index in [2.05, 4.69) is 6.92 Å². The fourth-order valence-electron chi connectivity index (χ4n) is 1.22. The second-order valence-corrected chi connectivity index (χ2v) is 9.65. The Bertz CT molecular complexity index is 87.1. The molecule has 1 nitrogen and oxygen atoms in total. The molecule has 0 aromatic heterocycles. The van der Waals surface area contributed by atoms with Gasteiger partial charge in [0.25, 0.3) is 0 Å². The van der Waals surface area contributed by atoms with Crippen LogP contribution in [0.3, 0.4) is 0 Å². The van der Waals surface area contributed by atoms with Crippen molar-refractivity contribution in [3.63, 3.8) is 0 Å². The molecule has 50 valence electrons. The van der Waals surface area contributed by atoms with E-state index in [4.69, 9.17) is 13.0 Å². The van der Waals surface area contributed by atoms with Crippen molar-refractivity contribution in [3.05, 3.63) is 0 Å². The molecule has 0 aromatic rings. The number of rotatable bonds is 2. The normalized spacial score (nSPS) is 34.4. The molecule has 2 unspecified atom stereocenters. The van der Waals surface area contributed by atoms with Gasteiger partial charge in [0.15, 0.2) is 0 Å². The van der Waals surface area contributed by atoms with Crippen molar-refractivity contribution in [2.45, 2.75) is 35.9 Å². The van der Waals surface area contributed by atoms with Crippen LogP contribution in [0.2, 0.25) is 3.93 Å². The van der Waals surface area contributed by atoms with Gasteiger partial charge in [-0.1, -0.05) is 0 Å². The Morgan fingerprint density at radius 1 is 1.67 bits per heavy atom. The summed E-state index contributed by atoms with van der Waals surface area (Å²) < 4.78 is 6.81. The predicted octanol–water partition coefficient (Wildman–Crippen LogP) is 2.21. The van der Waals surface area contributed by atoms with Crippen LogP contribution in [-0.2, 0) is 28.1 Å². The van der Waals surface area contributed by atoms with Gasteiger partial charge in [-0.25, -0.2) is 0 Å². The van der Waals surface area contributed by atoms with Crippen molar-refractivity contribution in [3.8, 4) is 0 Å². The zero-order valence-electron chi connectivity index (χ0n) is 5.77. The first-order valence-electron chi connectivity index (χ1n) is 3.54. The Labute approximate surface area is 72.0 Å². The molecule has 9 heavy (non-hydrogen) atoms. The van der Waals surface area contributed by atoms with Gasteiger partial charge in [-0.2, -0.15) is 0 Å². The average molecular weight is 335 g/mol. The van der Waals surface area contributed by atoms with Gasteiger partial charge in [0, 0.05) is 0 Å². The van der Waals surface area contributed by atoms with Gasteiger partial charge in [-0.15, -0.1) is 0 Å². The summed E-state index contributed by atoms with van der Waals surface area (Å²) in [4.78, 5) is 0. The van der Waals surface area contributed by atoms with E-state index in [1.807, 2.05) is 0 Å². The first-order chi connectivity index (χ1) is 4.33. The standard InChI is InChI=1S/C6H11O.ClH.Hg/c1-5-3-4-6(2)7-5;;/h5-6H,1,3-4H2,2H3;1H;/q;;+1/p-1. The van der Waals surface area contributed by atoms with Crippen molar-refractivity contribution in [1.82, 2.24) is 0 Å². The molecule has 1 fully saturated rings. The summed E-state index contributed by atoms with van der Waals surface area (Å²) in [6.07, 6.45) is 3.56. The third-order valence-corrected chi connectivity index (χ3v) is 7.02. The van der Waals surface area contributed by atoms with E-state index in [1.165, 1.54) is 16.8 Å². The third-order valence-electron chi connectivity index (χ3n) is 1.75. The van der Waals surface area contributed by atoms with E-state index < -0.39 is 23.3 Å². The number of halogens is 1. The number of hydrogen-bond donors (Lipinski definition) is 0. The number of ether oxygens (including phenoxy) is 1. The number of hydrogen-bond acceptors (Lipinski definition) is 1. The summed E-state index contributed by atoms with van der Waals surface area (Å²) in [5.41, 5.74) is 0. The SMILES string of the molecule is CC1CCC([CH2][Hg][Cl])O1. The summed E-state index contributed by atoms with van der Waals surface area (Å²) in [5, 5.41) is 0. The van der Waals surface area contributed by atoms with Gasteiger partial charge < -0.3 is 0 Å². The van der Waals surface area contributed by atoms with Gasteiger partial charge in [0.2, 0.25) is 0 Å². The molecule has 2 atom stereocenters. The van der Waals surface area contributed by atoms with Crippen LogP contribution in [0.5, 0.6) is 0 Å². The molecule has 1 aliphatic heterocycles. The topological polar surface area (TPSA) is 9.23 Å². The fourth-order valence-corrected chi connectivity index (χ4v) is 5.95. The first-order valence-corrected chi connectivity index (χ1v) is 14.2. The van der Waals surface area contributed by atoms with Crippen LogP contribution in [0.25, 0.3) is 0 Å². The van der Waals surface area contributed by atoms with E-state index >= 15 is 0 Å². The summed E-state index contributed by atoms with van der Waals surface area (Å²) in [7, 11) is 5.77. The molecule has 3 heteroatoms. The summed E-state index contributed by atoms with van der Waals surface area (Å²) in [6.45, 7) is 2.14. The molecule has 0 spiro atoms. The van der Waals surface area contributed by atoms with E-state index in [9.17, 15) is 0 Å². The monoisotopic (exact) mass is 336 g/mol. The molecule has 1 aliphatic rings.